The molecule has 5 rings (SSSR count). The minimum absolute atomic E-state index is 0.276. The highest BCUT2D eigenvalue weighted by molar-refractivity contribution is 14.1. The number of aryl methyl sites for hydroxylation is 1. The second kappa shape index (κ2) is 13.1. The predicted octanol–water partition coefficient (Wildman–Crippen LogP) is 8.77. The van der Waals surface area contributed by atoms with Crippen molar-refractivity contribution in [1.29, 1.82) is 0 Å². The van der Waals surface area contributed by atoms with E-state index < -0.39 is 0 Å². The van der Waals surface area contributed by atoms with E-state index in [-0.39, 0.29) is 5.91 Å². The monoisotopic (exact) mass is 815 g/mol. The van der Waals surface area contributed by atoms with Crippen molar-refractivity contribution in [1.82, 2.24) is 9.99 Å². The maximum absolute atomic E-state index is 12.8. The molecule has 0 aliphatic heterocycles. The first-order chi connectivity index (χ1) is 19.4. The molecule has 5 aromatic rings. The van der Waals surface area contributed by atoms with Gasteiger partial charge in [-0.3, -0.25) is 4.79 Å². The van der Waals surface area contributed by atoms with E-state index in [1.807, 2.05) is 54.6 Å². The number of hydrogen-bond acceptors (Lipinski definition) is 3. The standard InChI is InChI=1S/C32H24BrI2N3O2/c1-21-7-16-30(24-5-3-2-4-6-24)38(21)27-14-10-25(11-15-27)32(39)37-36-19-23-17-28(33)31(29(35)18-23)40-20-22-8-12-26(34)13-9-22/h2-19H,20H2,1H3,(H,37,39)/b36-19+. The van der Waals surface area contributed by atoms with Crippen molar-refractivity contribution < 1.29 is 9.53 Å². The van der Waals surface area contributed by atoms with Crippen molar-refractivity contribution in [3.8, 4) is 22.7 Å². The molecule has 8 heteroatoms. The third-order valence-electron chi connectivity index (χ3n) is 6.23. The maximum atomic E-state index is 12.8. The minimum Gasteiger partial charge on any atom is -0.487 e. The van der Waals surface area contributed by atoms with Gasteiger partial charge >= 0.3 is 0 Å². The van der Waals surface area contributed by atoms with Crippen LogP contribution >= 0.6 is 61.1 Å². The Morgan fingerprint density at radius 2 is 1.68 bits per heavy atom. The molecular formula is C32H24BrI2N3O2. The van der Waals surface area contributed by atoms with E-state index in [2.05, 4.69) is 132 Å². The van der Waals surface area contributed by atoms with Gasteiger partial charge in [0.15, 0.2) is 0 Å². The van der Waals surface area contributed by atoms with Crippen molar-refractivity contribution in [2.24, 2.45) is 5.10 Å². The molecule has 0 saturated carbocycles. The minimum atomic E-state index is -0.276. The Bertz CT molecular complexity index is 1640. The Labute approximate surface area is 269 Å². The molecule has 0 radical (unpaired) electrons. The van der Waals surface area contributed by atoms with Crippen LogP contribution in [0, 0.1) is 14.1 Å². The van der Waals surface area contributed by atoms with Crippen molar-refractivity contribution in [3.63, 3.8) is 0 Å². The lowest BCUT2D eigenvalue weighted by molar-refractivity contribution is 0.0955. The van der Waals surface area contributed by atoms with Crippen LogP contribution in [-0.4, -0.2) is 16.7 Å². The number of amides is 1. The largest absolute Gasteiger partial charge is 0.487 e. The fourth-order valence-electron chi connectivity index (χ4n) is 4.24. The summed E-state index contributed by atoms with van der Waals surface area (Å²) in [4.78, 5) is 12.8. The second-order valence-corrected chi connectivity index (χ2v) is 12.3. The lowest BCUT2D eigenvalue weighted by Gasteiger charge is -2.13. The van der Waals surface area contributed by atoms with Crippen LogP contribution in [-0.2, 0) is 6.61 Å². The summed E-state index contributed by atoms with van der Waals surface area (Å²) in [5.74, 6) is 0.496. The van der Waals surface area contributed by atoms with Gasteiger partial charge in [-0.15, -0.1) is 0 Å². The molecule has 1 aromatic heterocycles. The average molecular weight is 816 g/mol. The molecule has 1 heterocycles. The normalized spacial score (nSPS) is 11.1. The maximum Gasteiger partial charge on any atom is 0.271 e. The van der Waals surface area contributed by atoms with Gasteiger partial charge in [0.25, 0.3) is 5.91 Å². The first kappa shape index (κ1) is 28.6. The van der Waals surface area contributed by atoms with E-state index in [9.17, 15) is 4.79 Å². The van der Waals surface area contributed by atoms with Gasteiger partial charge in [-0.2, -0.15) is 5.10 Å². The van der Waals surface area contributed by atoms with Crippen LogP contribution in [0.3, 0.4) is 0 Å². The van der Waals surface area contributed by atoms with Crippen molar-refractivity contribution in [3.05, 3.63) is 137 Å². The highest BCUT2D eigenvalue weighted by Crippen LogP contribution is 2.32. The van der Waals surface area contributed by atoms with Gasteiger partial charge in [-0.1, -0.05) is 42.5 Å². The average Bonchev–Trinajstić information content (AvgIpc) is 3.35. The molecule has 0 spiro atoms. The first-order valence-electron chi connectivity index (χ1n) is 12.4. The highest BCUT2D eigenvalue weighted by atomic mass is 127. The fraction of sp³-hybridized carbons (Fsp3) is 0.0625. The van der Waals surface area contributed by atoms with Gasteiger partial charge in [0, 0.05) is 20.5 Å². The summed E-state index contributed by atoms with van der Waals surface area (Å²) in [6, 6.07) is 34.1. The number of nitrogens with one attached hydrogen (secondary N) is 1. The number of hydrogen-bond donors (Lipinski definition) is 1. The molecule has 1 amide bonds. The number of halogens is 3. The number of hydrazone groups is 1. The number of carbonyl (C=O) groups excluding carboxylic acids is 1. The van der Waals surface area contributed by atoms with E-state index in [0.29, 0.717) is 12.2 Å². The molecule has 4 aromatic carbocycles. The highest BCUT2D eigenvalue weighted by Gasteiger charge is 2.12. The van der Waals surface area contributed by atoms with E-state index >= 15 is 0 Å². The summed E-state index contributed by atoms with van der Waals surface area (Å²) < 4.78 is 11.2. The van der Waals surface area contributed by atoms with Crippen molar-refractivity contribution in [2.75, 3.05) is 0 Å². The molecule has 200 valence electrons. The van der Waals surface area contributed by atoms with Gasteiger partial charge in [0.1, 0.15) is 12.4 Å². The van der Waals surface area contributed by atoms with Crippen LogP contribution < -0.4 is 10.2 Å². The number of benzene rings is 4. The number of nitrogens with zero attached hydrogens (tertiary/aromatic N) is 2. The Morgan fingerprint density at radius 1 is 0.950 bits per heavy atom. The number of ether oxygens (including phenoxy) is 1. The van der Waals surface area contributed by atoms with Crippen molar-refractivity contribution >= 4 is 73.2 Å². The lowest BCUT2D eigenvalue weighted by atomic mass is 10.1. The summed E-state index contributed by atoms with van der Waals surface area (Å²) in [5.41, 5.74) is 9.45. The summed E-state index contributed by atoms with van der Waals surface area (Å²) in [6.45, 7) is 2.55. The SMILES string of the molecule is Cc1ccc(-c2ccccc2)n1-c1ccc(C(=O)N/N=C/c2cc(Br)c(OCc3ccc(I)cc3)c(I)c2)cc1. The van der Waals surface area contributed by atoms with Gasteiger partial charge < -0.3 is 9.30 Å². The summed E-state index contributed by atoms with van der Waals surface area (Å²) >= 11 is 8.14. The van der Waals surface area contributed by atoms with Crippen LogP contribution in [0.4, 0.5) is 0 Å². The third-order valence-corrected chi connectivity index (χ3v) is 8.34. The predicted molar refractivity (Wildman–Crippen MR) is 181 cm³/mol. The van der Waals surface area contributed by atoms with Crippen LogP contribution in [0.15, 0.2) is 113 Å². The molecule has 0 saturated heterocycles. The Morgan fingerprint density at radius 3 is 2.38 bits per heavy atom. The van der Waals surface area contributed by atoms with Gasteiger partial charge in [0.05, 0.1) is 20.0 Å². The topological polar surface area (TPSA) is 55.6 Å². The smallest absolute Gasteiger partial charge is 0.271 e. The van der Waals surface area contributed by atoms with Crippen LogP contribution in [0.5, 0.6) is 5.75 Å². The molecule has 0 aliphatic rings. The van der Waals surface area contributed by atoms with Crippen molar-refractivity contribution in [2.45, 2.75) is 13.5 Å². The zero-order valence-electron chi connectivity index (χ0n) is 21.4. The number of rotatable bonds is 8. The molecule has 5 nitrogen and oxygen atoms in total. The number of aromatic nitrogens is 1. The lowest BCUT2D eigenvalue weighted by Crippen LogP contribution is -2.17. The van der Waals surface area contributed by atoms with E-state index in [4.69, 9.17) is 4.74 Å². The molecular weight excluding hydrogens is 792 g/mol. The van der Waals surface area contributed by atoms with Crippen LogP contribution in [0.1, 0.15) is 27.2 Å². The summed E-state index contributed by atoms with van der Waals surface area (Å²) in [6.07, 6.45) is 1.62. The summed E-state index contributed by atoms with van der Waals surface area (Å²) in [5, 5.41) is 4.18. The first-order valence-corrected chi connectivity index (χ1v) is 15.4. The van der Waals surface area contributed by atoms with Gasteiger partial charge in [-0.25, -0.2) is 5.43 Å². The molecule has 0 unspecified atom stereocenters. The van der Waals surface area contributed by atoms with Crippen LogP contribution in [0.25, 0.3) is 16.9 Å². The molecule has 0 aliphatic carbocycles. The zero-order valence-corrected chi connectivity index (χ0v) is 27.3. The fourth-order valence-corrected chi connectivity index (χ4v) is 6.36. The zero-order chi connectivity index (χ0) is 28.1. The molecule has 1 N–H and O–H groups in total. The second-order valence-electron chi connectivity index (χ2n) is 9.04. The Kier molecular flexibility index (Phi) is 9.38. The molecule has 0 fully saturated rings. The third kappa shape index (κ3) is 6.84. The Hall–Kier alpha value is -2.96. The van der Waals surface area contributed by atoms with E-state index in [1.165, 1.54) is 3.57 Å². The molecule has 0 atom stereocenters. The number of carbonyl (C=O) groups is 1. The quantitative estimate of drug-likeness (QED) is 0.0969. The van der Waals surface area contributed by atoms with Crippen LogP contribution in [0.2, 0.25) is 0 Å². The van der Waals surface area contributed by atoms with Gasteiger partial charge in [-0.05, 0) is 145 Å². The molecule has 40 heavy (non-hydrogen) atoms. The Balaban J connectivity index is 1.23. The van der Waals surface area contributed by atoms with E-state index in [1.54, 1.807) is 6.21 Å². The summed E-state index contributed by atoms with van der Waals surface area (Å²) in [7, 11) is 0. The van der Waals surface area contributed by atoms with Gasteiger partial charge in [0.2, 0.25) is 0 Å². The molecule has 0 bridgehead atoms. The van der Waals surface area contributed by atoms with E-state index in [0.717, 1.165) is 47.6 Å².